The van der Waals surface area contributed by atoms with Crippen LogP contribution >= 0.6 is 0 Å². The quantitative estimate of drug-likeness (QED) is 0.474. The third kappa shape index (κ3) is 4.43. The average molecular weight is 389 g/mol. The van der Waals surface area contributed by atoms with Crippen molar-refractivity contribution < 1.29 is 9.72 Å². The van der Waals surface area contributed by atoms with Crippen molar-refractivity contribution in [1.29, 1.82) is 0 Å². The molecule has 0 bridgehead atoms. The Bertz CT molecular complexity index is 997. The van der Waals surface area contributed by atoms with Gasteiger partial charge in [0.05, 0.1) is 4.92 Å². The highest BCUT2D eigenvalue weighted by atomic mass is 16.6. The normalized spacial score (nSPS) is 11.6. The van der Waals surface area contributed by atoms with Crippen LogP contribution in [0.5, 0.6) is 0 Å². The van der Waals surface area contributed by atoms with Crippen molar-refractivity contribution in [2.24, 2.45) is 0 Å². The van der Waals surface area contributed by atoms with Gasteiger partial charge in [0.2, 0.25) is 0 Å². The molecular weight excluding hydrogens is 366 g/mol. The second-order valence-corrected chi connectivity index (χ2v) is 6.95. The van der Waals surface area contributed by atoms with Crippen LogP contribution in [-0.4, -0.2) is 17.9 Å². The van der Waals surface area contributed by atoms with Gasteiger partial charge in [-0.1, -0.05) is 36.4 Å². The molecule has 6 nitrogen and oxygen atoms in total. The Morgan fingerprint density at radius 2 is 1.52 bits per heavy atom. The van der Waals surface area contributed by atoms with E-state index in [4.69, 9.17) is 0 Å². The molecule has 0 aliphatic heterocycles. The van der Waals surface area contributed by atoms with Crippen LogP contribution in [0.4, 0.5) is 17.1 Å². The minimum atomic E-state index is -0.655. The van der Waals surface area contributed by atoms with Gasteiger partial charge in [-0.05, 0) is 54.8 Å². The molecule has 3 rings (SSSR count). The molecule has 3 aromatic rings. The van der Waals surface area contributed by atoms with E-state index in [-0.39, 0.29) is 11.6 Å². The summed E-state index contributed by atoms with van der Waals surface area (Å²) >= 11 is 0. The lowest BCUT2D eigenvalue weighted by atomic mass is 10.0. The summed E-state index contributed by atoms with van der Waals surface area (Å²) < 4.78 is 0. The summed E-state index contributed by atoms with van der Waals surface area (Å²) in [4.78, 5) is 25.8. The van der Waals surface area contributed by atoms with Gasteiger partial charge in [-0.15, -0.1) is 0 Å². The Balaban J connectivity index is 2.00. The zero-order chi connectivity index (χ0) is 21.0. The number of nitro benzene ring substituents is 1. The van der Waals surface area contributed by atoms with Crippen LogP contribution in [0.3, 0.4) is 0 Å². The molecule has 0 spiro atoms. The lowest BCUT2D eigenvalue weighted by molar-refractivity contribution is -0.384. The number of likely N-dealkylation sites (N-methyl/N-ethyl adjacent to an activating group) is 1. The summed E-state index contributed by atoms with van der Waals surface area (Å²) in [6.45, 7) is 3.90. The number of rotatable bonds is 6. The number of carbonyl (C=O) groups excluding carboxylic acids is 1. The monoisotopic (exact) mass is 389 g/mol. The van der Waals surface area contributed by atoms with Gasteiger partial charge in [-0.2, -0.15) is 0 Å². The third-order valence-corrected chi connectivity index (χ3v) is 4.95. The van der Waals surface area contributed by atoms with Gasteiger partial charge < -0.3 is 10.2 Å². The fourth-order valence-electron chi connectivity index (χ4n) is 3.34. The van der Waals surface area contributed by atoms with Gasteiger partial charge in [0.25, 0.3) is 11.6 Å². The van der Waals surface area contributed by atoms with Crippen LogP contribution in [-0.2, 0) is 4.79 Å². The summed E-state index contributed by atoms with van der Waals surface area (Å²) in [5, 5.41) is 14.1. The van der Waals surface area contributed by atoms with Gasteiger partial charge in [0.15, 0.2) is 0 Å². The maximum atomic E-state index is 13.4. The molecule has 1 N–H and O–H groups in total. The van der Waals surface area contributed by atoms with Crippen LogP contribution in [0.2, 0.25) is 0 Å². The number of para-hydroxylation sites is 2. The number of hydrogen-bond acceptors (Lipinski definition) is 4. The number of nitro groups is 1. The van der Waals surface area contributed by atoms with Crippen LogP contribution in [0.1, 0.15) is 22.7 Å². The van der Waals surface area contributed by atoms with E-state index in [0.29, 0.717) is 5.56 Å². The van der Waals surface area contributed by atoms with E-state index in [1.807, 2.05) is 74.3 Å². The molecule has 0 aliphatic carbocycles. The lowest BCUT2D eigenvalue weighted by Crippen LogP contribution is -2.35. The van der Waals surface area contributed by atoms with E-state index < -0.39 is 11.0 Å². The standard InChI is InChI=1S/C23H23N3O3/c1-16-8-7-9-17(2)21(16)24-23(27)22(25(3)19-10-5-4-6-11-19)18-12-14-20(15-13-18)26(28)29/h4-15,22H,1-3H3,(H,24,27). The Labute approximate surface area is 169 Å². The first-order valence-electron chi connectivity index (χ1n) is 9.28. The van der Waals surface area contributed by atoms with Gasteiger partial charge in [0, 0.05) is 30.6 Å². The number of anilines is 2. The molecule has 3 aromatic carbocycles. The highest BCUT2D eigenvalue weighted by Gasteiger charge is 2.27. The second-order valence-electron chi connectivity index (χ2n) is 6.95. The van der Waals surface area contributed by atoms with Crippen molar-refractivity contribution in [2.75, 3.05) is 17.3 Å². The van der Waals surface area contributed by atoms with Gasteiger partial charge >= 0.3 is 0 Å². The zero-order valence-electron chi connectivity index (χ0n) is 16.6. The Hall–Kier alpha value is -3.67. The van der Waals surface area contributed by atoms with E-state index in [1.165, 1.54) is 12.1 Å². The smallest absolute Gasteiger partial charge is 0.269 e. The predicted octanol–water partition coefficient (Wildman–Crippen LogP) is 5.03. The van der Waals surface area contributed by atoms with Crippen molar-refractivity contribution >= 4 is 23.0 Å². The van der Waals surface area contributed by atoms with Crippen LogP contribution in [0.15, 0.2) is 72.8 Å². The summed E-state index contributed by atoms with van der Waals surface area (Å²) in [6.07, 6.45) is 0. The van der Waals surface area contributed by atoms with Crippen molar-refractivity contribution in [3.63, 3.8) is 0 Å². The second kappa shape index (κ2) is 8.56. The topological polar surface area (TPSA) is 75.5 Å². The highest BCUT2D eigenvalue weighted by molar-refractivity contribution is 5.98. The number of non-ortho nitro benzene ring substituents is 1. The SMILES string of the molecule is Cc1cccc(C)c1NC(=O)C(c1ccc([N+](=O)[O-])cc1)N(C)c1ccccc1. The first-order valence-corrected chi connectivity index (χ1v) is 9.28. The number of benzene rings is 3. The van der Waals surface area contributed by atoms with E-state index in [1.54, 1.807) is 12.1 Å². The van der Waals surface area contributed by atoms with Crippen LogP contribution < -0.4 is 10.2 Å². The molecule has 1 atom stereocenters. The van der Waals surface area contributed by atoms with Crippen molar-refractivity contribution in [3.8, 4) is 0 Å². The lowest BCUT2D eigenvalue weighted by Gasteiger charge is -2.30. The molecule has 1 unspecified atom stereocenters. The van der Waals surface area contributed by atoms with Crippen molar-refractivity contribution in [1.82, 2.24) is 0 Å². The van der Waals surface area contributed by atoms with Crippen LogP contribution in [0, 0.1) is 24.0 Å². The third-order valence-electron chi connectivity index (χ3n) is 4.95. The molecule has 0 aromatic heterocycles. The number of amides is 1. The Kier molecular flexibility index (Phi) is 5.93. The van der Waals surface area contributed by atoms with E-state index in [9.17, 15) is 14.9 Å². The maximum absolute atomic E-state index is 13.4. The summed E-state index contributed by atoms with van der Waals surface area (Å²) in [5.74, 6) is -0.206. The molecule has 0 fully saturated rings. The molecule has 0 saturated heterocycles. The zero-order valence-corrected chi connectivity index (χ0v) is 16.6. The summed E-state index contributed by atoms with van der Waals surface area (Å²) in [5.41, 5.74) is 4.26. The molecule has 1 amide bonds. The predicted molar refractivity (Wildman–Crippen MR) is 115 cm³/mol. The fraction of sp³-hybridized carbons (Fsp3) is 0.174. The molecule has 0 radical (unpaired) electrons. The number of aryl methyl sites for hydroxylation is 2. The van der Waals surface area contributed by atoms with E-state index in [0.717, 1.165) is 22.5 Å². The molecule has 6 heteroatoms. The minimum absolute atomic E-state index is 0.00924. The number of nitrogens with one attached hydrogen (secondary N) is 1. The van der Waals surface area contributed by atoms with E-state index in [2.05, 4.69) is 5.32 Å². The van der Waals surface area contributed by atoms with Crippen molar-refractivity contribution in [3.05, 3.63) is 99.6 Å². The molecule has 29 heavy (non-hydrogen) atoms. The highest BCUT2D eigenvalue weighted by Crippen LogP contribution is 2.29. The minimum Gasteiger partial charge on any atom is -0.359 e. The fourth-order valence-corrected chi connectivity index (χ4v) is 3.34. The average Bonchev–Trinajstić information content (AvgIpc) is 2.72. The maximum Gasteiger partial charge on any atom is 0.269 e. The Morgan fingerprint density at radius 3 is 2.07 bits per heavy atom. The summed E-state index contributed by atoms with van der Waals surface area (Å²) in [7, 11) is 1.84. The summed E-state index contributed by atoms with van der Waals surface area (Å²) in [6, 6.07) is 20.9. The Morgan fingerprint density at radius 1 is 0.931 bits per heavy atom. The van der Waals surface area contributed by atoms with E-state index >= 15 is 0 Å². The first kappa shape index (κ1) is 20.1. The van der Waals surface area contributed by atoms with Gasteiger partial charge in [-0.25, -0.2) is 0 Å². The molecule has 0 saturated carbocycles. The van der Waals surface area contributed by atoms with Gasteiger partial charge in [-0.3, -0.25) is 14.9 Å². The van der Waals surface area contributed by atoms with Crippen molar-refractivity contribution in [2.45, 2.75) is 19.9 Å². The molecule has 148 valence electrons. The molecular formula is C23H23N3O3. The number of carbonyl (C=O) groups is 1. The number of nitrogens with zero attached hydrogens (tertiary/aromatic N) is 2. The largest absolute Gasteiger partial charge is 0.359 e. The number of hydrogen-bond donors (Lipinski definition) is 1. The molecule has 0 aliphatic rings. The first-order chi connectivity index (χ1) is 13.9. The van der Waals surface area contributed by atoms with Crippen LogP contribution in [0.25, 0.3) is 0 Å². The van der Waals surface area contributed by atoms with Gasteiger partial charge in [0.1, 0.15) is 6.04 Å². The molecule has 0 heterocycles.